The van der Waals surface area contributed by atoms with Gasteiger partial charge in [-0.2, -0.15) is 5.10 Å². The van der Waals surface area contributed by atoms with Crippen molar-refractivity contribution in [2.45, 2.75) is 45.2 Å². The van der Waals surface area contributed by atoms with Crippen LogP contribution in [0.4, 0.5) is 0 Å². The molecule has 1 atom stereocenters. The average molecular weight is 207 g/mol. The summed E-state index contributed by atoms with van der Waals surface area (Å²) in [7, 11) is 2.06. The van der Waals surface area contributed by atoms with Gasteiger partial charge in [0.25, 0.3) is 0 Å². The second kappa shape index (κ2) is 4.35. The molecular weight excluding hydrogens is 186 g/mol. The first-order valence-electron chi connectivity index (χ1n) is 5.92. The third-order valence-electron chi connectivity index (χ3n) is 3.18. The van der Waals surface area contributed by atoms with Crippen LogP contribution in [0.5, 0.6) is 0 Å². The molecule has 0 radical (unpaired) electrons. The van der Waals surface area contributed by atoms with Crippen LogP contribution in [-0.2, 0) is 6.42 Å². The molecular formula is C12H21N3. The first-order valence-corrected chi connectivity index (χ1v) is 5.92. The van der Waals surface area contributed by atoms with E-state index in [2.05, 4.69) is 43.6 Å². The van der Waals surface area contributed by atoms with Crippen molar-refractivity contribution in [2.75, 3.05) is 7.05 Å². The highest BCUT2D eigenvalue weighted by atomic mass is 15.3. The third kappa shape index (κ3) is 2.59. The van der Waals surface area contributed by atoms with Gasteiger partial charge in [0.05, 0.1) is 5.69 Å². The zero-order chi connectivity index (χ0) is 10.8. The van der Waals surface area contributed by atoms with Gasteiger partial charge in [-0.1, -0.05) is 0 Å². The minimum Gasteiger partial charge on any atom is -0.316 e. The van der Waals surface area contributed by atoms with E-state index in [4.69, 9.17) is 0 Å². The fraction of sp³-hybridized carbons (Fsp3) is 0.750. The van der Waals surface area contributed by atoms with E-state index in [0.29, 0.717) is 12.1 Å². The predicted octanol–water partition coefficient (Wildman–Crippen LogP) is 2.00. The lowest BCUT2D eigenvalue weighted by atomic mass is 10.1. The summed E-state index contributed by atoms with van der Waals surface area (Å²) in [5, 5.41) is 7.99. The third-order valence-corrected chi connectivity index (χ3v) is 3.18. The van der Waals surface area contributed by atoms with Crippen molar-refractivity contribution in [1.82, 2.24) is 15.1 Å². The first-order chi connectivity index (χ1) is 7.20. The Kier molecular flexibility index (Phi) is 3.10. The van der Waals surface area contributed by atoms with Crippen molar-refractivity contribution in [3.8, 4) is 0 Å². The lowest BCUT2D eigenvalue weighted by Gasteiger charge is -2.13. The van der Waals surface area contributed by atoms with Gasteiger partial charge in [0, 0.05) is 24.7 Å². The number of rotatable bonds is 5. The molecule has 1 aromatic heterocycles. The van der Waals surface area contributed by atoms with Crippen LogP contribution in [0.3, 0.4) is 0 Å². The van der Waals surface area contributed by atoms with Crippen molar-refractivity contribution in [2.24, 2.45) is 5.92 Å². The maximum atomic E-state index is 4.58. The van der Waals surface area contributed by atoms with E-state index in [9.17, 15) is 0 Å². The Labute approximate surface area is 91.9 Å². The molecule has 1 N–H and O–H groups in total. The summed E-state index contributed by atoms with van der Waals surface area (Å²) < 4.78 is 2.04. The van der Waals surface area contributed by atoms with E-state index in [1.165, 1.54) is 18.5 Å². The van der Waals surface area contributed by atoms with Crippen LogP contribution in [0.25, 0.3) is 0 Å². The SMILES string of the molecule is CNC(Cc1ccn(C(C)C)n1)C1CC1. The highest BCUT2D eigenvalue weighted by Gasteiger charge is 2.30. The predicted molar refractivity (Wildman–Crippen MR) is 61.9 cm³/mol. The van der Waals surface area contributed by atoms with E-state index >= 15 is 0 Å². The molecule has 1 aliphatic carbocycles. The smallest absolute Gasteiger partial charge is 0.0640 e. The molecule has 1 heterocycles. The van der Waals surface area contributed by atoms with Gasteiger partial charge in [0.2, 0.25) is 0 Å². The molecule has 1 aliphatic rings. The number of hydrogen-bond acceptors (Lipinski definition) is 2. The number of likely N-dealkylation sites (N-methyl/N-ethyl adjacent to an activating group) is 1. The molecule has 1 saturated carbocycles. The zero-order valence-electron chi connectivity index (χ0n) is 9.90. The molecule has 0 saturated heterocycles. The van der Waals surface area contributed by atoms with E-state index < -0.39 is 0 Å². The van der Waals surface area contributed by atoms with E-state index in [1.54, 1.807) is 0 Å². The molecule has 0 spiro atoms. The molecule has 2 rings (SSSR count). The van der Waals surface area contributed by atoms with Gasteiger partial charge in [0.15, 0.2) is 0 Å². The summed E-state index contributed by atoms with van der Waals surface area (Å²) in [5.41, 5.74) is 1.22. The normalized spacial score (nSPS) is 18.4. The molecule has 0 aliphatic heterocycles. The van der Waals surface area contributed by atoms with Gasteiger partial charge in [-0.25, -0.2) is 0 Å². The molecule has 0 aromatic carbocycles. The van der Waals surface area contributed by atoms with E-state index in [0.717, 1.165) is 12.3 Å². The Morgan fingerprint density at radius 2 is 2.27 bits per heavy atom. The summed E-state index contributed by atoms with van der Waals surface area (Å²) in [6, 6.07) is 3.24. The van der Waals surface area contributed by atoms with Gasteiger partial charge in [-0.05, 0) is 45.7 Å². The number of nitrogens with one attached hydrogen (secondary N) is 1. The van der Waals surface area contributed by atoms with Crippen LogP contribution < -0.4 is 5.32 Å². The standard InChI is InChI=1S/C12H21N3/c1-9(2)15-7-6-11(14-15)8-12(13-3)10-4-5-10/h6-7,9-10,12-13H,4-5,8H2,1-3H3. The Hall–Kier alpha value is -0.830. The molecule has 15 heavy (non-hydrogen) atoms. The van der Waals surface area contributed by atoms with Gasteiger partial charge in [-0.3, -0.25) is 4.68 Å². The topological polar surface area (TPSA) is 29.9 Å². The van der Waals surface area contributed by atoms with Crippen LogP contribution in [0.2, 0.25) is 0 Å². The van der Waals surface area contributed by atoms with Crippen molar-refractivity contribution in [3.63, 3.8) is 0 Å². The van der Waals surface area contributed by atoms with Crippen molar-refractivity contribution >= 4 is 0 Å². The van der Waals surface area contributed by atoms with Crippen molar-refractivity contribution < 1.29 is 0 Å². The maximum Gasteiger partial charge on any atom is 0.0640 e. The number of hydrogen-bond donors (Lipinski definition) is 1. The highest BCUT2D eigenvalue weighted by molar-refractivity contribution is 5.04. The molecule has 1 fully saturated rings. The number of aromatic nitrogens is 2. The van der Waals surface area contributed by atoms with Crippen molar-refractivity contribution in [3.05, 3.63) is 18.0 Å². The Bertz CT molecular complexity index is 312. The Morgan fingerprint density at radius 3 is 2.73 bits per heavy atom. The van der Waals surface area contributed by atoms with Crippen LogP contribution in [0.15, 0.2) is 12.3 Å². The van der Waals surface area contributed by atoms with Crippen LogP contribution in [-0.4, -0.2) is 22.9 Å². The molecule has 0 amide bonds. The van der Waals surface area contributed by atoms with Gasteiger partial charge >= 0.3 is 0 Å². The second-order valence-electron chi connectivity index (χ2n) is 4.82. The molecule has 1 aromatic rings. The summed E-state index contributed by atoms with van der Waals surface area (Å²) in [5.74, 6) is 0.888. The molecule has 84 valence electrons. The molecule has 3 nitrogen and oxygen atoms in total. The largest absolute Gasteiger partial charge is 0.316 e. The summed E-state index contributed by atoms with van der Waals surface area (Å²) in [6.45, 7) is 4.32. The number of nitrogens with zero attached hydrogens (tertiary/aromatic N) is 2. The summed E-state index contributed by atoms with van der Waals surface area (Å²) in [6.07, 6.45) is 5.92. The van der Waals surface area contributed by atoms with Gasteiger partial charge in [0.1, 0.15) is 0 Å². The van der Waals surface area contributed by atoms with Gasteiger partial charge < -0.3 is 5.32 Å². The lowest BCUT2D eigenvalue weighted by Crippen LogP contribution is -2.29. The highest BCUT2D eigenvalue weighted by Crippen LogP contribution is 2.33. The first kappa shape index (κ1) is 10.7. The Morgan fingerprint density at radius 1 is 1.53 bits per heavy atom. The average Bonchev–Trinajstić information content (AvgIpc) is 2.94. The fourth-order valence-electron chi connectivity index (χ4n) is 2.00. The van der Waals surface area contributed by atoms with Crippen LogP contribution >= 0.6 is 0 Å². The minimum absolute atomic E-state index is 0.465. The Balaban J connectivity index is 1.96. The zero-order valence-corrected chi connectivity index (χ0v) is 9.90. The van der Waals surface area contributed by atoms with E-state index in [1.807, 2.05) is 4.68 Å². The van der Waals surface area contributed by atoms with Crippen molar-refractivity contribution in [1.29, 1.82) is 0 Å². The van der Waals surface area contributed by atoms with Gasteiger partial charge in [-0.15, -0.1) is 0 Å². The second-order valence-corrected chi connectivity index (χ2v) is 4.82. The quantitative estimate of drug-likeness (QED) is 0.800. The van der Waals surface area contributed by atoms with E-state index in [-0.39, 0.29) is 0 Å². The van der Waals surface area contributed by atoms with Crippen LogP contribution in [0, 0.1) is 5.92 Å². The molecule has 3 heteroatoms. The lowest BCUT2D eigenvalue weighted by molar-refractivity contribution is 0.480. The fourth-order valence-corrected chi connectivity index (χ4v) is 2.00. The molecule has 1 unspecified atom stereocenters. The van der Waals surface area contributed by atoms with Crippen LogP contribution in [0.1, 0.15) is 38.4 Å². The molecule has 0 bridgehead atoms. The monoisotopic (exact) mass is 207 g/mol. The minimum atomic E-state index is 0.465. The summed E-state index contributed by atoms with van der Waals surface area (Å²) in [4.78, 5) is 0. The maximum absolute atomic E-state index is 4.58. The summed E-state index contributed by atoms with van der Waals surface area (Å²) >= 11 is 0.